The molecule has 1 saturated carbocycles. The molecule has 0 bridgehead atoms. The first-order chi connectivity index (χ1) is 13.8. The van der Waals surface area contributed by atoms with Crippen LogP contribution >= 0.6 is 0 Å². The van der Waals surface area contributed by atoms with Crippen molar-refractivity contribution >= 4 is 17.7 Å². The lowest BCUT2D eigenvalue weighted by Crippen LogP contribution is -2.47. The fourth-order valence-corrected chi connectivity index (χ4v) is 3.94. The van der Waals surface area contributed by atoms with Gasteiger partial charge in [-0.1, -0.05) is 6.42 Å². The molecule has 2 aromatic heterocycles. The van der Waals surface area contributed by atoms with Crippen molar-refractivity contribution in [2.75, 3.05) is 7.11 Å². The summed E-state index contributed by atoms with van der Waals surface area (Å²) in [5.41, 5.74) is 2.06. The van der Waals surface area contributed by atoms with Gasteiger partial charge in [-0.25, -0.2) is 4.79 Å². The highest BCUT2D eigenvalue weighted by Crippen LogP contribution is 2.31. The van der Waals surface area contributed by atoms with Crippen LogP contribution in [-0.4, -0.2) is 40.3 Å². The molecular formula is C22H28N2O5. The second-order valence-corrected chi connectivity index (χ2v) is 7.70. The largest absolute Gasteiger partial charge is 0.467 e. The smallest absolute Gasteiger partial charge is 0.354 e. The van der Waals surface area contributed by atoms with Gasteiger partial charge in [0.1, 0.15) is 11.5 Å². The summed E-state index contributed by atoms with van der Waals surface area (Å²) in [7, 11) is 3.05. The number of carbonyl (C=O) groups is 3. The van der Waals surface area contributed by atoms with Crippen molar-refractivity contribution in [1.29, 1.82) is 0 Å². The molecule has 0 aromatic carbocycles. The maximum Gasteiger partial charge on any atom is 0.354 e. The minimum Gasteiger partial charge on any atom is -0.467 e. The van der Waals surface area contributed by atoms with Crippen LogP contribution in [0.1, 0.15) is 64.1 Å². The predicted molar refractivity (Wildman–Crippen MR) is 107 cm³/mol. The van der Waals surface area contributed by atoms with Crippen LogP contribution in [0.5, 0.6) is 0 Å². The number of carbonyl (C=O) groups excluding carboxylic acids is 3. The Morgan fingerprint density at radius 1 is 1.31 bits per heavy atom. The lowest BCUT2D eigenvalue weighted by molar-refractivity contribution is -0.140. The Morgan fingerprint density at radius 2 is 2.00 bits per heavy atom. The molecule has 1 fully saturated rings. The van der Waals surface area contributed by atoms with Gasteiger partial charge in [-0.2, -0.15) is 0 Å². The molecule has 0 radical (unpaired) electrons. The third-order valence-electron chi connectivity index (χ3n) is 6.05. The topological polar surface area (TPSA) is 81.8 Å². The summed E-state index contributed by atoms with van der Waals surface area (Å²) in [6.07, 6.45) is 4.29. The number of nitrogens with zero attached hydrogens (tertiary/aromatic N) is 2. The van der Waals surface area contributed by atoms with Crippen LogP contribution in [0.25, 0.3) is 0 Å². The average molecular weight is 400 g/mol. The zero-order valence-electron chi connectivity index (χ0n) is 17.7. The number of amides is 1. The van der Waals surface area contributed by atoms with E-state index < -0.39 is 12.0 Å². The van der Waals surface area contributed by atoms with Crippen LogP contribution in [0.3, 0.4) is 0 Å². The van der Waals surface area contributed by atoms with Crippen molar-refractivity contribution in [3.05, 3.63) is 46.7 Å². The van der Waals surface area contributed by atoms with Crippen molar-refractivity contribution in [3.8, 4) is 0 Å². The minimum atomic E-state index is -0.682. The summed E-state index contributed by atoms with van der Waals surface area (Å²) in [5.74, 6) is -0.103. The van der Waals surface area contributed by atoms with Crippen LogP contribution in [-0.2, 0) is 23.1 Å². The highest BCUT2D eigenvalue weighted by molar-refractivity contribution is 6.06. The Kier molecular flexibility index (Phi) is 5.96. The first kappa shape index (κ1) is 20.9. The molecule has 0 N–H and O–H groups in total. The summed E-state index contributed by atoms with van der Waals surface area (Å²) in [4.78, 5) is 40.3. The van der Waals surface area contributed by atoms with Crippen molar-refractivity contribution < 1.29 is 23.5 Å². The van der Waals surface area contributed by atoms with Gasteiger partial charge in [-0.05, 0) is 51.3 Å². The van der Waals surface area contributed by atoms with E-state index in [4.69, 9.17) is 9.15 Å². The Hall–Kier alpha value is -2.83. The zero-order chi connectivity index (χ0) is 21.3. The van der Waals surface area contributed by atoms with Gasteiger partial charge in [-0.3, -0.25) is 9.59 Å². The number of aromatic nitrogens is 1. The van der Waals surface area contributed by atoms with E-state index in [1.165, 1.54) is 7.11 Å². The number of hydrogen-bond acceptors (Lipinski definition) is 5. The number of methoxy groups -OCH3 is 1. The molecule has 29 heavy (non-hydrogen) atoms. The fourth-order valence-electron chi connectivity index (χ4n) is 3.94. The van der Waals surface area contributed by atoms with Crippen molar-refractivity contribution in [2.45, 2.75) is 52.6 Å². The number of Topliss-reactive ketones (excluding diaryl/α,β-unsaturated/α-hetero) is 1. The molecule has 1 amide bonds. The molecule has 0 spiro atoms. The molecule has 7 heteroatoms. The normalized spacial score (nSPS) is 14.9. The third-order valence-corrected chi connectivity index (χ3v) is 6.05. The van der Waals surface area contributed by atoms with Crippen molar-refractivity contribution in [2.24, 2.45) is 13.0 Å². The first-order valence-corrected chi connectivity index (χ1v) is 9.89. The molecule has 1 unspecified atom stereocenters. The van der Waals surface area contributed by atoms with Crippen LogP contribution < -0.4 is 0 Å². The van der Waals surface area contributed by atoms with E-state index in [-0.39, 0.29) is 24.2 Å². The number of hydrogen-bond donors (Lipinski definition) is 0. The quantitative estimate of drug-likeness (QED) is 0.525. The standard InChI is InChI=1S/C22H28N2O5/c1-13-18(14(2)23(4)19(13)22(27)28-5)20(25)15(3)24(12-17-10-7-11-29-17)21(26)16-8-6-9-16/h7,10-11,15-16H,6,8-9,12H2,1-5H3. The van der Waals surface area contributed by atoms with Gasteiger partial charge in [0.25, 0.3) is 0 Å². The summed E-state index contributed by atoms with van der Waals surface area (Å²) in [6, 6.07) is 2.88. The fraction of sp³-hybridized carbons (Fsp3) is 0.500. The summed E-state index contributed by atoms with van der Waals surface area (Å²) in [6.45, 7) is 5.52. The van der Waals surface area contributed by atoms with Crippen LogP contribution in [0.4, 0.5) is 0 Å². The SMILES string of the molecule is COC(=O)c1c(C)c(C(=O)C(C)N(Cc2ccco2)C(=O)C2CCC2)c(C)n1C. The Balaban J connectivity index is 1.95. The van der Waals surface area contributed by atoms with Gasteiger partial charge in [-0.15, -0.1) is 0 Å². The maximum atomic E-state index is 13.5. The van der Waals surface area contributed by atoms with Crippen LogP contribution in [0, 0.1) is 19.8 Å². The summed E-state index contributed by atoms with van der Waals surface area (Å²) < 4.78 is 12.0. The molecule has 7 nitrogen and oxygen atoms in total. The number of furan rings is 1. The molecule has 1 aliphatic rings. The van der Waals surface area contributed by atoms with Gasteiger partial charge in [0.15, 0.2) is 5.78 Å². The lowest BCUT2D eigenvalue weighted by Gasteiger charge is -2.34. The summed E-state index contributed by atoms with van der Waals surface area (Å²) >= 11 is 0. The second-order valence-electron chi connectivity index (χ2n) is 7.70. The van der Waals surface area contributed by atoms with E-state index in [0.717, 1.165) is 19.3 Å². The number of rotatable bonds is 7. The van der Waals surface area contributed by atoms with Gasteiger partial charge >= 0.3 is 5.97 Å². The van der Waals surface area contributed by atoms with Crippen molar-refractivity contribution in [1.82, 2.24) is 9.47 Å². The van der Waals surface area contributed by atoms with Crippen LogP contribution in [0.15, 0.2) is 22.8 Å². The first-order valence-electron chi connectivity index (χ1n) is 9.89. The second kappa shape index (κ2) is 8.27. The Morgan fingerprint density at radius 3 is 2.52 bits per heavy atom. The molecule has 1 atom stereocenters. The maximum absolute atomic E-state index is 13.5. The average Bonchev–Trinajstić information content (AvgIpc) is 3.23. The van der Waals surface area contributed by atoms with E-state index in [0.29, 0.717) is 28.3 Å². The molecule has 0 aliphatic heterocycles. The number of ketones is 1. The van der Waals surface area contributed by atoms with Crippen LogP contribution in [0.2, 0.25) is 0 Å². The Bertz CT molecular complexity index is 922. The van der Waals surface area contributed by atoms with Gasteiger partial charge < -0.3 is 18.6 Å². The summed E-state index contributed by atoms with van der Waals surface area (Å²) in [5, 5.41) is 0. The highest BCUT2D eigenvalue weighted by Gasteiger charge is 2.36. The predicted octanol–water partition coefficient (Wildman–Crippen LogP) is 3.42. The highest BCUT2D eigenvalue weighted by atomic mass is 16.5. The molecule has 156 valence electrons. The number of esters is 1. The molecule has 2 aromatic rings. The number of ether oxygens (including phenoxy) is 1. The molecule has 0 saturated heterocycles. The molecule has 1 aliphatic carbocycles. The van der Waals surface area contributed by atoms with E-state index in [1.807, 2.05) is 0 Å². The van der Waals surface area contributed by atoms with Crippen molar-refractivity contribution in [3.63, 3.8) is 0 Å². The molecule has 2 heterocycles. The van der Waals surface area contributed by atoms with Gasteiger partial charge in [0, 0.05) is 24.2 Å². The van der Waals surface area contributed by atoms with Gasteiger partial charge in [0.05, 0.1) is 26.0 Å². The van der Waals surface area contributed by atoms with E-state index in [1.54, 1.807) is 55.7 Å². The molecular weight excluding hydrogens is 372 g/mol. The lowest BCUT2D eigenvalue weighted by atomic mass is 9.83. The zero-order valence-corrected chi connectivity index (χ0v) is 17.7. The molecule has 3 rings (SSSR count). The minimum absolute atomic E-state index is 0.0204. The van der Waals surface area contributed by atoms with E-state index in [9.17, 15) is 14.4 Å². The van der Waals surface area contributed by atoms with Gasteiger partial charge in [0.2, 0.25) is 5.91 Å². The Labute approximate surface area is 170 Å². The van der Waals surface area contributed by atoms with E-state index >= 15 is 0 Å². The third kappa shape index (κ3) is 3.73. The van der Waals surface area contributed by atoms with E-state index in [2.05, 4.69) is 0 Å². The monoisotopic (exact) mass is 400 g/mol.